The molecule has 3 aromatic carbocycles. The number of carbonyl (C=O) groups is 1. The summed E-state index contributed by atoms with van der Waals surface area (Å²) < 4.78 is 21.7. The van der Waals surface area contributed by atoms with Crippen molar-refractivity contribution in [3.63, 3.8) is 0 Å². The van der Waals surface area contributed by atoms with E-state index in [1.807, 2.05) is 47.2 Å². The SMILES string of the molecule is O=C(O)CCc1ccc(OCc2ccc(Cn3cc(CCc4ccccc4)c(C4=CC=C(F)C=CC4)n3)cc2)cc1. The van der Waals surface area contributed by atoms with Gasteiger partial charge in [0, 0.05) is 12.6 Å². The lowest BCUT2D eigenvalue weighted by Gasteiger charge is -2.08. The topological polar surface area (TPSA) is 64.3 Å². The fourth-order valence-corrected chi connectivity index (χ4v) is 4.80. The van der Waals surface area contributed by atoms with Gasteiger partial charge in [-0.05, 0) is 83.4 Å². The molecule has 0 spiro atoms. The number of aliphatic carboxylic acids is 1. The molecule has 0 amide bonds. The molecule has 1 N–H and O–H groups in total. The first-order valence-corrected chi connectivity index (χ1v) is 13.9. The van der Waals surface area contributed by atoms with E-state index in [0.29, 0.717) is 26.0 Å². The van der Waals surface area contributed by atoms with E-state index in [-0.39, 0.29) is 12.2 Å². The minimum absolute atomic E-state index is 0.119. The van der Waals surface area contributed by atoms with Gasteiger partial charge >= 0.3 is 5.97 Å². The summed E-state index contributed by atoms with van der Waals surface area (Å²) in [6, 6.07) is 26.3. The molecule has 5 rings (SSSR count). The van der Waals surface area contributed by atoms with Gasteiger partial charge in [0.05, 0.1) is 12.2 Å². The number of halogens is 1. The summed E-state index contributed by atoms with van der Waals surface area (Å²) in [5, 5.41) is 13.8. The molecule has 0 bridgehead atoms. The van der Waals surface area contributed by atoms with Crippen molar-refractivity contribution in [3.05, 3.63) is 149 Å². The first-order chi connectivity index (χ1) is 20.0. The van der Waals surface area contributed by atoms with Crippen LogP contribution in [0, 0.1) is 0 Å². The Morgan fingerprint density at radius 2 is 1.56 bits per heavy atom. The molecule has 208 valence electrons. The van der Waals surface area contributed by atoms with Crippen LogP contribution in [0.5, 0.6) is 5.75 Å². The van der Waals surface area contributed by atoms with Gasteiger partial charge in [-0.3, -0.25) is 9.48 Å². The van der Waals surface area contributed by atoms with Crippen LogP contribution in [0.4, 0.5) is 4.39 Å². The molecule has 1 aromatic heterocycles. The molecule has 4 aromatic rings. The van der Waals surface area contributed by atoms with Crippen molar-refractivity contribution in [1.82, 2.24) is 9.78 Å². The van der Waals surface area contributed by atoms with E-state index in [2.05, 4.69) is 54.7 Å². The number of carboxylic acid groups (broad SMARTS) is 1. The minimum atomic E-state index is -0.797. The van der Waals surface area contributed by atoms with E-state index >= 15 is 0 Å². The predicted octanol–water partition coefficient (Wildman–Crippen LogP) is 7.51. The molecule has 1 aliphatic rings. The number of aryl methyl sites for hydroxylation is 3. The molecule has 5 nitrogen and oxygen atoms in total. The van der Waals surface area contributed by atoms with E-state index in [1.165, 1.54) is 17.7 Å². The van der Waals surface area contributed by atoms with E-state index < -0.39 is 5.97 Å². The Bertz CT molecular complexity index is 1550. The molecule has 0 fully saturated rings. The zero-order valence-electron chi connectivity index (χ0n) is 22.9. The summed E-state index contributed by atoms with van der Waals surface area (Å²) in [7, 11) is 0. The highest BCUT2D eigenvalue weighted by atomic mass is 19.1. The van der Waals surface area contributed by atoms with Gasteiger partial charge in [-0.25, -0.2) is 4.39 Å². The molecule has 1 heterocycles. The average molecular weight is 549 g/mol. The number of carboxylic acids is 1. The third-order valence-corrected chi connectivity index (χ3v) is 7.05. The number of hydrogen-bond acceptors (Lipinski definition) is 3. The van der Waals surface area contributed by atoms with Crippen LogP contribution in [-0.2, 0) is 37.2 Å². The fraction of sp³-hybridized carbons (Fsp3) is 0.200. The summed E-state index contributed by atoms with van der Waals surface area (Å²) in [4.78, 5) is 10.8. The number of allylic oxidation sites excluding steroid dienone is 6. The van der Waals surface area contributed by atoms with Crippen molar-refractivity contribution in [3.8, 4) is 5.75 Å². The van der Waals surface area contributed by atoms with Gasteiger partial charge in [0.1, 0.15) is 18.2 Å². The van der Waals surface area contributed by atoms with Crippen molar-refractivity contribution < 1.29 is 19.0 Å². The highest BCUT2D eigenvalue weighted by Crippen LogP contribution is 2.26. The largest absolute Gasteiger partial charge is 0.489 e. The second kappa shape index (κ2) is 13.6. The molecule has 0 atom stereocenters. The van der Waals surface area contributed by atoms with Gasteiger partial charge in [-0.15, -0.1) is 0 Å². The molecular formula is C35H33FN2O3. The van der Waals surface area contributed by atoms with Crippen LogP contribution >= 0.6 is 0 Å². The van der Waals surface area contributed by atoms with Crippen LogP contribution in [0.25, 0.3) is 5.57 Å². The summed E-state index contributed by atoms with van der Waals surface area (Å²) in [6.07, 6.45) is 11.8. The van der Waals surface area contributed by atoms with Crippen molar-refractivity contribution in [2.24, 2.45) is 0 Å². The Morgan fingerprint density at radius 3 is 2.32 bits per heavy atom. The molecule has 0 radical (unpaired) electrons. The van der Waals surface area contributed by atoms with Crippen molar-refractivity contribution in [1.29, 1.82) is 0 Å². The van der Waals surface area contributed by atoms with Crippen LogP contribution in [0.3, 0.4) is 0 Å². The molecule has 6 heteroatoms. The lowest BCUT2D eigenvalue weighted by Crippen LogP contribution is -2.02. The Labute approximate surface area is 239 Å². The number of nitrogens with zero attached hydrogens (tertiary/aromatic N) is 2. The second-order valence-corrected chi connectivity index (χ2v) is 10.2. The second-order valence-electron chi connectivity index (χ2n) is 10.2. The van der Waals surface area contributed by atoms with Crippen LogP contribution in [0.1, 0.15) is 46.4 Å². The van der Waals surface area contributed by atoms with E-state index in [4.69, 9.17) is 14.9 Å². The third kappa shape index (κ3) is 8.15. The quantitative estimate of drug-likeness (QED) is 0.199. The lowest BCUT2D eigenvalue weighted by atomic mass is 10.00. The first-order valence-electron chi connectivity index (χ1n) is 13.9. The van der Waals surface area contributed by atoms with Gasteiger partial charge in [0.2, 0.25) is 0 Å². The first kappa shape index (κ1) is 27.8. The van der Waals surface area contributed by atoms with Crippen molar-refractivity contribution in [2.45, 2.75) is 45.3 Å². The standard InChI is InChI=1S/C35H33FN2O3/c36-32-8-4-7-30(18-19-32)35-31(17-13-26-5-2-1-3-6-26)24-38(37-35)23-28-9-11-29(12-10-28)25-41-33-20-14-27(15-21-33)16-22-34(39)40/h1-6,8-12,14-15,18-21,24H,7,13,16-17,22-23,25H2,(H,39,40). The molecule has 1 aliphatic carbocycles. The number of ether oxygens (including phenoxy) is 1. The van der Waals surface area contributed by atoms with E-state index in [0.717, 1.165) is 52.1 Å². The van der Waals surface area contributed by atoms with Gasteiger partial charge in [-0.1, -0.05) is 78.9 Å². The van der Waals surface area contributed by atoms with Gasteiger partial charge in [0.15, 0.2) is 0 Å². The van der Waals surface area contributed by atoms with Crippen LogP contribution in [-0.4, -0.2) is 20.9 Å². The average Bonchev–Trinajstić information content (AvgIpc) is 3.26. The molecule has 0 saturated carbocycles. The highest BCUT2D eigenvalue weighted by Gasteiger charge is 2.14. The highest BCUT2D eigenvalue weighted by molar-refractivity contribution is 5.69. The Hall–Kier alpha value is -4.71. The monoisotopic (exact) mass is 548 g/mol. The maximum absolute atomic E-state index is 13.8. The van der Waals surface area contributed by atoms with Gasteiger partial charge in [-0.2, -0.15) is 5.10 Å². The zero-order valence-corrected chi connectivity index (χ0v) is 22.9. The van der Waals surface area contributed by atoms with Crippen LogP contribution in [0.2, 0.25) is 0 Å². The Kier molecular flexibility index (Phi) is 9.22. The third-order valence-electron chi connectivity index (χ3n) is 7.05. The Morgan fingerprint density at radius 1 is 0.854 bits per heavy atom. The maximum Gasteiger partial charge on any atom is 0.303 e. The predicted molar refractivity (Wildman–Crippen MR) is 159 cm³/mol. The van der Waals surface area contributed by atoms with E-state index in [1.54, 1.807) is 0 Å². The summed E-state index contributed by atoms with van der Waals surface area (Å²) in [5.74, 6) is -0.298. The molecule has 0 unspecified atom stereocenters. The van der Waals surface area contributed by atoms with E-state index in [9.17, 15) is 9.18 Å². The molecular weight excluding hydrogens is 515 g/mol. The Balaban J connectivity index is 1.24. The maximum atomic E-state index is 13.8. The van der Waals surface area contributed by atoms with Crippen LogP contribution in [0.15, 0.2) is 115 Å². The van der Waals surface area contributed by atoms with Gasteiger partial charge in [0.25, 0.3) is 0 Å². The number of hydrogen-bond donors (Lipinski definition) is 1. The van der Waals surface area contributed by atoms with Crippen LogP contribution < -0.4 is 4.74 Å². The van der Waals surface area contributed by atoms with Gasteiger partial charge < -0.3 is 9.84 Å². The number of benzene rings is 3. The number of aromatic nitrogens is 2. The normalized spacial score (nSPS) is 12.9. The summed E-state index contributed by atoms with van der Waals surface area (Å²) >= 11 is 0. The smallest absolute Gasteiger partial charge is 0.303 e. The summed E-state index contributed by atoms with van der Waals surface area (Å²) in [6.45, 7) is 1.07. The number of rotatable bonds is 12. The summed E-state index contributed by atoms with van der Waals surface area (Å²) in [5.41, 5.74) is 7.53. The van der Waals surface area contributed by atoms with Crippen molar-refractivity contribution >= 4 is 11.5 Å². The molecule has 41 heavy (non-hydrogen) atoms. The minimum Gasteiger partial charge on any atom is -0.489 e. The lowest BCUT2D eigenvalue weighted by molar-refractivity contribution is -0.136. The zero-order chi connectivity index (χ0) is 28.4. The fourth-order valence-electron chi connectivity index (χ4n) is 4.80. The molecule has 0 aliphatic heterocycles. The van der Waals surface area contributed by atoms with Crippen molar-refractivity contribution in [2.75, 3.05) is 0 Å². The molecule has 0 saturated heterocycles.